The fourth-order valence-electron chi connectivity index (χ4n) is 2.70. The minimum Gasteiger partial charge on any atom is -0.330 e. The van der Waals surface area contributed by atoms with Gasteiger partial charge in [-0.2, -0.15) is 0 Å². The molecule has 2 heteroatoms. The van der Waals surface area contributed by atoms with Crippen molar-refractivity contribution in [3.63, 3.8) is 0 Å². The fourth-order valence-corrected chi connectivity index (χ4v) is 2.70. The van der Waals surface area contributed by atoms with Crippen molar-refractivity contribution in [2.75, 3.05) is 19.6 Å². The molecule has 0 aromatic carbocycles. The third kappa shape index (κ3) is 2.48. The van der Waals surface area contributed by atoms with Gasteiger partial charge in [0.1, 0.15) is 0 Å². The van der Waals surface area contributed by atoms with Gasteiger partial charge in [-0.3, -0.25) is 0 Å². The van der Waals surface area contributed by atoms with Gasteiger partial charge in [-0.05, 0) is 57.5 Å². The van der Waals surface area contributed by atoms with Crippen molar-refractivity contribution in [2.45, 2.75) is 45.1 Å². The van der Waals surface area contributed by atoms with Crippen LogP contribution in [0.25, 0.3) is 0 Å². The van der Waals surface area contributed by atoms with Gasteiger partial charge in [0.05, 0.1) is 0 Å². The third-order valence-electron chi connectivity index (χ3n) is 4.01. The summed E-state index contributed by atoms with van der Waals surface area (Å²) in [5.41, 5.74) is 5.80. The molecule has 0 spiro atoms. The molecule has 1 aliphatic carbocycles. The van der Waals surface area contributed by atoms with Crippen molar-refractivity contribution < 1.29 is 0 Å². The zero-order valence-corrected chi connectivity index (χ0v) is 9.41. The van der Waals surface area contributed by atoms with Crippen LogP contribution >= 0.6 is 0 Å². The highest BCUT2D eigenvalue weighted by molar-refractivity contribution is 4.87. The molecule has 0 radical (unpaired) electrons. The van der Waals surface area contributed by atoms with E-state index in [4.69, 9.17) is 5.73 Å². The molecule has 0 aromatic heterocycles. The van der Waals surface area contributed by atoms with Crippen molar-refractivity contribution in [1.82, 2.24) is 4.90 Å². The average Bonchev–Trinajstić information content (AvgIpc) is 3.03. The first kappa shape index (κ1) is 10.4. The quantitative estimate of drug-likeness (QED) is 0.746. The molecule has 2 rings (SSSR count). The molecule has 82 valence electrons. The highest BCUT2D eigenvalue weighted by atomic mass is 15.2. The lowest BCUT2D eigenvalue weighted by Crippen LogP contribution is -2.39. The van der Waals surface area contributed by atoms with Crippen LogP contribution in [0.1, 0.15) is 39.0 Å². The Morgan fingerprint density at radius 2 is 2.07 bits per heavy atom. The number of nitrogens with zero attached hydrogens (tertiary/aromatic N) is 1. The maximum absolute atomic E-state index is 5.80. The van der Waals surface area contributed by atoms with Gasteiger partial charge in [0, 0.05) is 12.6 Å². The molecule has 2 fully saturated rings. The van der Waals surface area contributed by atoms with E-state index in [1.54, 1.807) is 0 Å². The summed E-state index contributed by atoms with van der Waals surface area (Å²) < 4.78 is 0. The van der Waals surface area contributed by atoms with Gasteiger partial charge in [-0.15, -0.1) is 0 Å². The van der Waals surface area contributed by atoms with Gasteiger partial charge < -0.3 is 10.6 Å². The first-order valence-electron chi connectivity index (χ1n) is 6.25. The molecule has 1 saturated carbocycles. The van der Waals surface area contributed by atoms with Crippen molar-refractivity contribution in [3.05, 3.63) is 0 Å². The first-order valence-corrected chi connectivity index (χ1v) is 6.25. The molecule has 1 aliphatic heterocycles. The van der Waals surface area contributed by atoms with Crippen LogP contribution in [-0.4, -0.2) is 30.6 Å². The minimum absolute atomic E-state index is 0.763. The summed E-state index contributed by atoms with van der Waals surface area (Å²) in [6.45, 7) is 5.87. The van der Waals surface area contributed by atoms with Crippen LogP contribution in [-0.2, 0) is 0 Å². The molecule has 2 atom stereocenters. The molecule has 2 nitrogen and oxygen atoms in total. The summed E-state index contributed by atoms with van der Waals surface area (Å²) in [4.78, 5) is 2.70. The van der Waals surface area contributed by atoms with Gasteiger partial charge in [0.25, 0.3) is 0 Å². The number of hydrogen-bond donors (Lipinski definition) is 1. The normalized spacial score (nSPS) is 32.6. The second-order valence-corrected chi connectivity index (χ2v) is 5.17. The Bertz CT molecular complexity index is 177. The lowest BCUT2D eigenvalue weighted by atomic mass is 10.0. The van der Waals surface area contributed by atoms with Gasteiger partial charge in [0.15, 0.2) is 0 Å². The zero-order valence-electron chi connectivity index (χ0n) is 9.41. The maximum atomic E-state index is 5.80. The second-order valence-electron chi connectivity index (χ2n) is 5.17. The van der Waals surface area contributed by atoms with E-state index >= 15 is 0 Å². The Labute approximate surface area is 87.8 Å². The van der Waals surface area contributed by atoms with Crippen molar-refractivity contribution in [3.8, 4) is 0 Å². The van der Waals surface area contributed by atoms with Gasteiger partial charge >= 0.3 is 0 Å². The Morgan fingerprint density at radius 3 is 2.71 bits per heavy atom. The highest BCUT2D eigenvalue weighted by Gasteiger charge is 2.33. The van der Waals surface area contributed by atoms with Gasteiger partial charge in [-0.25, -0.2) is 0 Å². The Balaban J connectivity index is 1.88. The van der Waals surface area contributed by atoms with Crippen LogP contribution in [0.15, 0.2) is 0 Å². The molecule has 1 heterocycles. The largest absolute Gasteiger partial charge is 0.330 e. The van der Waals surface area contributed by atoms with Gasteiger partial charge in [0.2, 0.25) is 0 Å². The standard InChI is InChI=1S/C12H24N2/c1-10(12-5-6-12)14-7-3-2-4-11(8-13)9-14/h10-12H,2-9,13H2,1H3. The number of likely N-dealkylation sites (tertiary alicyclic amines) is 1. The lowest BCUT2D eigenvalue weighted by molar-refractivity contribution is 0.175. The van der Waals surface area contributed by atoms with Crippen LogP contribution in [0.5, 0.6) is 0 Å². The highest BCUT2D eigenvalue weighted by Crippen LogP contribution is 2.36. The number of nitrogens with two attached hydrogens (primary N) is 1. The van der Waals surface area contributed by atoms with Crippen LogP contribution in [0.4, 0.5) is 0 Å². The first-order chi connectivity index (χ1) is 6.81. The minimum atomic E-state index is 0.763. The summed E-state index contributed by atoms with van der Waals surface area (Å²) in [5.74, 6) is 1.77. The van der Waals surface area contributed by atoms with E-state index in [0.29, 0.717) is 0 Å². The summed E-state index contributed by atoms with van der Waals surface area (Å²) in [6, 6.07) is 0.821. The van der Waals surface area contributed by atoms with E-state index in [2.05, 4.69) is 11.8 Å². The van der Waals surface area contributed by atoms with Crippen molar-refractivity contribution in [2.24, 2.45) is 17.6 Å². The lowest BCUT2D eigenvalue weighted by Gasteiger charge is -2.30. The van der Waals surface area contributed by atoms with E-state index in [0.717, 1.165) is 24.4 Å². The molecule has 2 unspecified atom stereocenters. The van der Waals surface area contributed by atoms with E-state index < -0.39 is 0 Å². The zero-order chi connectivity index (χ0) is 9.97. The second kappa shape index (κ2) is 4.63. The van der Waals surface area contributed by atoms with Crippen LogP contribution in [0.2, 0.25) is 0 Å². The fraction of sp³-hybridized carbons (Fsp3) is 1.00. The summed E-state index contributed by atoms with van der Waals surface area (Å²) >= 11 is 0. The predicted molar refractivity (Wildman–Crippen MR) is 60.2 cm³/mol. The molecule has 0 amide bonds. The van der Waals surface area contributed by atoms with Crippen LogP contribution in [0, 0.1) is 11.8 Å². The van der Waals surface area contributed by atoms with Crippen LogP contribution in [0.3, 0.4) is 0 Å². The van der Waals surface area contributed by atoms with E-state index in [1.165, 1.54) is 45.2 Å². The number of hydrogen-bond acceptors (Lipinski definition) is 2. The topological polar surface area (TPSA) is 29.3 Å². The van der Waals surface area contributed by atoms with E-state index in [-0.39, 0.29) is 0 Å². The van der Waals surface area contributed by atoms with E-state index in [9.17, 15) is 0 Å². The third-order valence-corrected chi connectivity index (χ3v) is 4.01. The maximum Gasteiger partial charge on any atom is 0.00953 e. The molecular weight excluding hydrogens is 172 g/mol. The smallest absolute Gasteiger partial charge is 0.00953 e. The molecule has 1 saturated heterocycles. The monoisotopic (exact) mass is 196 g/mol. The number of rotatable bonds is 3. The summed E-state index contributed by atoms with van der Waals surface area (Å²) in [5, 5.41) is 0. The molecule has 14 heavy (non-hydrogen) atoms. The Morgan fingerprint density at radius 1 is 1.29 bits per heavy atom. The molecule has 2 aliphatic rings. The van der Waals surface area contributed by atoms with Crippen LogP contribution < -0.4 is 5.73 Å². The molecule has 0 aromatic rings. The average molecular weight is 196 g/mol. The molecule has 2 N–H and O–H groups in total. The summed E-state index contributed by atoms with van der Waals surface area (Å²) in [6.07, 6.45) is 7.05. The van der Waals surface area contributed by atoms with Gasteiger partial charge in [-0.1, -0.05) is 6.42 Å². The Kier molecular flexibility index (Phi) is 3.45. The molecular formula is C12H24N2. The predicted octanol–water partition coefficient (Wildman–Crippen LogP) is 1.85. The SMILES string of the molecule is CC(C1CC1)N1CCCCC(CN)C1. The van der Waals surface area contributed by atoms with Crippen molar-refractivity contribution >= 4 is 0 Å². The van der Waals surface area contributed by atoms with Crippen molar-refractivity contribution in [1.29, 1.82) is 0 Å². The molecule has 0 bridgehead atoms. The Hall–Kier alpha value is -0.0800. The summed E-state index contributed by atoms with van der Waals surface area (Å²) in [7, 11) is 0. The van der Waals surface area contributed by atoms with E-state index in [1.807, 2.05) is 0 Å².